The molecule has 5 nitrogen and oxygen atoms in total. The minimum atomic E-state index is 0.422. The predicted octanol–water partition coefficient (Wildman–Crippen LogP) is 2.76. The van der Waals surface area contributed by atoms with Gasteiger partial charge < -0.3 is 15.4 Å². The Bertz CT molecular complexity index is 589. The molecule has 0 unspecified atom stereocenters. The van der Waals surface area contributed by atoms with Crippen LogP contribution < -0.4 is 10.6 Å². The molecular weight excluding hydrogens is 324 g/mol. The first-order chi connectivity index (χ1) is 12.7. The largest absolute Gasteiger partial charge is 0.379 e. The van der Waals surface area contributed by atoms with Crippen molar-refractivity contribution in [2.24, 2.45) is 10.4 Å². The van der Waals surface area contributed by atoms with Crippen LogP contribution in [0.15, 0.2) is 29.3 Å². The molecule has 2 aliphatic rings. The van der Waals surface area contributed by atoms with E-state index in [9.17, 15) is 0 Å². The molecule has 2 fully saturated rings. The summed E-state index contributed by atoms with van der Waals surface area (Å²) >= 11 is 0. The number of aliphatic imine (C=N–C) groups is 1. The molecule has 0 radical (unpaired) electrons. The molecule has 1 aromatic carbocycles. The summed E-state index contributed by atoms with van der Waals surface area (Å²) in [6, 6.07) is 8.71. The van der Waals surface area contributed by atoms with Crippen LogP contribution in [0.5, 0.6) is 0 Å². The second kappa shape index (κ2) is 9.38. The molecule has 1 heterocycles. The first-order valence-electron chi connectivity index (χ1n) is 10.00. The number of rotatable bonds is 6. The Morgan fingerprint density at radius 3 is 2.50 bits per heavy atom. The third kappa shape index (κ3) is 5.45. The normalized spacial score (nSPS) is 20.9. The van der Waals surface area contributed by atoms with Crippen molar-refractivity contribution in [1.82, 2.24) is 15.5 Å². The lowest BCUT2D eigenvalue weighted by Crippen LogP contribution is -2.42. The van der Waals surface area contributed by atoms with E-state index in [1.54, 1.807) is 0 Å². The lowest BCUT2D eigenvalue weighted by atomic mass is 9.89. The molecule has 1 aliphatic heterocycles. The van der Waals surface area contributed by atoms with Crippen molar-refractivity contribution < 1.29 is 4.74 Å². The van der Waals surface area contributed by atoms with Crippen LogP contribution in [0.4, 0.5) is 0 Å². The van der Waals surface area contributed by atoms with Crippen LogP contribution in [-0.4, -0.2) is 50.8 Å². The Kier molecular flexibility index (Phi) is 6.92. The molecule has 0 aromatic heterocycles. The van der Waals surface area contributed by atoms with Crippen molar-refractivity contribution in [3.8, 4) is 0 Å². The molecular formula is C21H34N4O. The third-order valence-electron chi connectivity index (χ3n) is 5.78. The van der Waals surface area contributed by atoms with Gasteiger partial charge in [0.1, 0.15) is 0 Å². The second-order valence-corrected chi connectivity index (χ2v) is 7.95. The maximum absolute atomic E-state index is 5.46. The summed E-state index contributed by atoms with van der Waals surface area (Å²) < 4.78 is 5.46. The number of benzene rings is 1. The summed E-state index contributed by atoms with van der Waals surface area (Å²) in [6.45, 7) is 8.90. The molecule has 0 spiro atoms. The van der Waals surface area contributed by atoms with Crippen LogP contribution in [0.1, 0.15) is 43.7 Å². The molecule has 3 rings (SSSR count). The fraction of sp³-hybridized carbons (Fsp3) is 0.667. The highest BCUT2D eigenvalue weighted by molar-refractivity contribution is 5.79. The predicted molar refractivity (Wildman–Crippen MR) is 107 cm³/mol. The van der Waals surface area contributed by atoms with Crippen molar-refractivity contribution in [3.63, 3.8) is 0 Å². The van der Waals surface area contributed by atoms with E-state index >= 15 is 0 Å². The van der Waals surface area contributed by atoms with E-state index in [1.165, 1.54) is 36.8 Å². The number of hydrogen-bond acceptors (Lipinski definition) is 3. The van der Waals surface area contributed by atoms with Crippen LogP contribution in [0.25, 0.3) is 0 Å². The fourth-order valence-corrected chi connectivity index (χ4v) is 3.99. The Hall–Kier alpha value is -1.59. The summed E-state index contributed by atoms with van der Waals surface area (Å²) in [5.41, 5.74) is 3.15. The molecule has 2 N–H and O–H groups in total. The number of ether oxygens (including phenoxy) is 1. The quantitative estimate of drug-likeness (QED) is 0.606. The number of morpholine rings is 1. The fourth-order valence-electron chi connectivity index (χ4n) is 3.99. The number of hydrogen-bond donors (Lipinski definition) is 2. The summed E-state index contributed by atoms with van der Waals surface area (Å²) in [5.74, 6) is 0.902. The zero-order chi connectivity index (χ0) is 18.2. The summed E-state index contributed by atoms with van der Waals surface area (Å²) in [5, 5.41) is 7.04. The minimum Gasteiger partial charge on any atom is -0.379 e. The maximum atomic E-state index is 5.46. The SMILES string of the molecule is CN=C(NCc1ccccc1CN1CCOCC1)NCC1(C)CCCC1. The van der Waals surface area contributed by atoms with E-state index in [2.05, 4.69) is 51.7 Å². The van der Waals surface area contributed by atoms with Crippen molar-refractivity contribution >= 4 is 5.96 Å². The van der Waals surface area contributed by atoms with E-state index in [4.69, 9.17) is 4.74 Å². The van der Waals surface area contributed by atoms with Crippen molar-refractivity contribution in [3.05, 3.63) is 35.4 Å². The average Bonchev–Trinajstić information content (AvgIpc) is 3.11. The maximum Gasteiger partial charge on any atom is 0.191 e. The van der Waals surface area contributed by atoms with Gasteiger partial charge in [-0.25, -0.2) is 0 Å². The van der Waals surface area contributed by atoms with Crippen LogP contribution in [0.2, 0.25) is 0 Å². The molecule has 144 valence electrons. The highest BCUT2D eigenvalue weighted by atomic mass is 16.5. The monoisotopic (exact) mass is 358 g/mol. The van der Waals surface area contributed by atoms with Gasteiger partial charge in [-0.1, -0.05) is 44.0 Å². The van der Waals surface area contributed by atoms with E-state index in [-0.39, 0.29) is 0 Å². The lowest BCUT2D eigenvalue weighted by Gasteiger charge is -2.27. The Balaban J connectivity index is 1.52. The van der Waals surface area contributed by atoms with Gasteiger partial charge in [0.15, 0.2) is 5.96 Å². The summed E-state index contributed by atoms with van der Waals surface area (Å²) in [7, 11) is 1.85. The standard InChI is InChI=1S/C21H34N4O/c1-21(9-5-6-10-21)17-24-20(22-2)23-15-18-7-3-4-8-19(18)16-25-11-13-26-14-12-25/h3-4,7-8H,5-6,9-17H2,1-2H3,(H2,22,23,24). The lowest BCUT2D eigenvalue weighted by molar-refractivity contribution is 0.0341. The van der Waals surface area contributed by atoms with Crippen molar-refractivity contribution in [2.75, 3.05) is 39.9 Å². The molecule has 1 saturated heterocycles. The van der Waals surface area contributed by atoms with Crippen molar-refractivity contribution in [1.29, 1.82) is 0 Å². The summed E-state index contributed by atoms with van der Waals surface area (Å²) in [4.78, 5) is 6.88. The van der Waals surface area contributed by atoms with Crippen LogP contribution >= 0.6 is 0 Å². The Labute approximate surface area is 158 Å². The molecule has 1 saturated carbocycles. The molecule has 0 amide bonds. The van der Waals surface area contributed by atoms with Gasteiger partial charge in [-0.05, 0) is 29.4 Å². The van der Waals surface area contributed by atoms with Crippen LogP contribution in [-0.2, 0) is 17.8 Å². The van der Waals surface area contributed by atoms with E-state index in [0.29, 0.717) is 5.41 Å². The number of nitrogens with zero attached hydrogens (tertiary/aromatic N) is 2. The second-order valence-electron chi connectivity index (χ2n) is 7.95. The highest BCUT2D eigenvalue weighted by Crippen LogP contribution is 2.36. The Morgan fingerprint density at radius 1 is 1.12 bits per heavy atom. The molecule has 5 heteroatoms. The molecule has 1 aliphatic carbocycles. The van der Waals surface area contributed by atoms with Gasteiger partial charge in [0, 0.05) is 39.8 Å². The first-order valence-corrected chi connectivity index (χ1v) is 10.00. The number of nitrogens with one attached hydrogen (secondary N) is 2. The molecule has 26 heavy (non-hydrogen) atoms. The smallest absolute Gasteiger partial charge is 0.191 e. The van der Waals surface area contributed by atoms with E-state index in [0.717, 1.165) is 51.9 Å². The van der Waals surface area contributed by atoms with E-state index in [1.807, 2.05) is 7.05 Å². The third-order valence-corrected chi connectivity index (χ3v) is 5.78. The zero-order valence-corrected chi connectivity index (χ0v) is 16.4. The van der Waals surface area contributed by atoms with Gasteiger partial charge >= 0.3 is 0 Å². The van der Waals surface area contributed by atoms with Gasteiger partial charge in [-0.15, -0.1) is 0 Å². The topological polar surface area (TPSA) is 48.9 Å². The highest BCUT2D eigenvalue weighted by Gasteiger charge is 2.28. The number of guanidine groups is 1. The van der Waals surface area contributed by atoms with E-state index < -0.39 is 0 Å². The van der Waals surface area contributed by atoms with Crippen molar-refractivity contribution in [2.45, 2.75) is 45.7 Å². The average molecular weight is 359 g/mol. The van der Waals surface area contributed by atoms with Crippen LogP contribution in [0.3, 0.4) is 0 Å². The first kappa shape index (κ1) is 19.2. The summed E-state index contributed by atoms with van der Waals surface area (Å²) in [6.07, 6.45) is 5.36. The van der Waals surface area contributed by atoms with Gasteiger partial charge in [0.25, 0.3) is 0 Å². The molecule has 0 atom stereocenters. The van der Waals surface area contributed by atoms with Gasteiger partial charge in [0.05, 0.1) is 13.2 Å². The molecule has 1 aromatic rings. The Morgan fingerprint density at radius 2 is 1.81 bits per heavy atom. The zero-order valence-electron chi connectivity index (χ0n) is 16.4. The van der Waals surface area contributed by atoms with Crippen LogP contribution in [0, 0.1) is 5.41 Å². The molecule has 0 bridgehead atoms. The van der Waals surface area contributed by atoms with Gasteiger partial charge in [-0.2, -0.15) is 0 Å². The minimum absolute atomic E-state index is 0.422. The van der Waals surface area contributed by atoms with Gasteiger partial charge in [-0.3, -0.25) is 9.89 Å². The van der Waals surface area contributed by atoms with Gasteiger partial charge in [0.2, 0.25) is 0 Å².